The van der Waals surface area contributed by atoms with Crippen molar-refractivity contribution in [3.63, 3.8) is 0 Å². The molecule has 0 amide bonds. The van der Waals surface area contributed by atoms with Gasteiger partial charge in [-0.15, -0.1) is 0 Å². The first-order valence-electron chi connectivity index (χ1n) is 14.8. The SMILES string of the molecule is CCCCCOC(=O)Oc1ccc(C[C@H](N)C(=O)O[C@@H](C)C(C)OC(=O)C(C)(C)CC)cc1OC(=O)OCCCCC. The maximum atomic E-state index is 12.7. The smallest absolute Gasteiger partial charge is 0.458 e. The Hall–Kier alpha value is -3.34. The number of carbonyl (C=O) groups is 4. The lowest BCUT2D eigenvalue weighted by Gasteiger charge is -2.27. The van der Waals surface area contributed by atoms with Crippen molar-refractivity contribution in [3.8, 4) is 11.5 Å². The van der Waals surface area contributed by atoms with Crippen molar-refractivity contribution in [1.29, 1.82) is 0 Å². The van der Waals surface area contributed by atoms with Gasteiger partial charge in [0.1, 0.15) is 18.2 Å². The molecule has 0 radical (unpaired) electrons. The van der Waals surface area contributed by atoms with Gasteiger partial charge in [0.05, 0.1) is 18.6 Å². The normalized spacial score (nSPS) is 13.3. The number of hydrogen-bond acceptors (Lipinski definition) is 11. The second kappa shape index (κ2) is 19.0. The Bertz CT molecular complexity index is 1010. The molecule has 0 spiro atoms. The molecule has 2 N–H and O–H groups in total. The molecule has 1 aromatic rings. The summed E-state index contributed by atoms with van der Waals surface area (Å²) >= 11 is 0. The van der Waals surface area contributed by atoms with Gasteiger partial charge in [-0.2, -0.15) is 0 Å². The molecule has 3 atom stereocenters. The molecule has 0 saturated heterocycles. The van der Waals surface area contributed by atoms with Crippen LogP contribution in [0.4, 0.5) is 9.59 Å². The van der Waals surface area contributed by atoms with Gasteiger partial charge in [0.2, 0.25) is 0 Å². The summed E-state index contributed by atoms with van der Waals surface area (Å²) in [5.41, 5.74) is 5.97. The first-order valence-corrected chi connectivity index (χ1v) is 14.8. The molecule has 0 aliphatic rings. The summed E-state index contributed by atoms with van der Waals surface area (Å²) in [7, 11) is 0. The zero-order valence-electron chi connectivity index (χ0n) is 26.2. The Morgan fingerprint density at radius 2 is 1.31 bits per heavy atom. The molecule has 0 aliphatic heterocycles. The van der Waals surface area contributed by atoms with Gasteiger partial charge >= 0.3 is 24.2 Å². The lowest BCUT2D eigenvalue weighted by atomic mass is 9.90. The third kappa shape index (κ3) is 13.5. The van der Waals surface area contributed by atoms with E-state index in [-0.39, 0.29) is 37.1 Å². The highest BCUT2D eigenvalue weighted by atomic mass is 16.7. The van der Waals surface area contributed by atoms with Crippen LogP contribution in [0.2, 0.25) is 0 Å². The molecule has 0 aromatic heterocycles. The molecule has 0 bridgehead atoms. The average molecular weight is 596 g/mol. The topological polar surface area (TPSA) is 150 Å². The third-order valence-electron chi connectivity index (χ3n) is 6.78. The number of unbranched alkanes of at least 4 members (excludes halogenated alkanes) is 4. The van der Waals surface area contributed by atoms with Crippen molar-refractivity contribution in [1.82, 2.24) is 0 Å². The van der Waals surface area contributed by atoms with E-state index in [0.717, 1.165) is 25.7 Å². The fourth-order valence-corrected chi connectivity index (χ4v) is 3.37. The van der Waals surface area contributed by atoms with Crippen LogP contribution in [0.1, 0.15) is 99.0 Å². The van der Waals surface area contributed by atoms with E-state index in [9.17, 15) is 19.2 Å². The molecule has 1 unspecified atom stereocenters. The third-order valence-corrected chi connectivity index (χ3v) is 6.78. The lowest BCUT2D eigenvalue weighted by Crippen LogP contribution is -2.40. The Labute approximate surface area is 249 Å². The van der Waals surface area contributed by atoms with Crippen LogP contribution in [-0.4, -0.2) is 55.7 Å². The minimum Gasteiger partial charge on any atom is -0.458 e. The van der Waals surface area contributed by atoms with Gasteiger partial charge < -0.3 is 34.2 Å². The van der Waals surface area contributed by atoms with Crippen LogP contribution in [0.5, 0.6) is 11.5 Å². The number of hydrogen-bond donors (Lipinski definition) is 1. The molecule has 11 nitrogen and oxygen atoms in total. The maximum Gasteiger partial charge on any atom is 0.513 e. The van der Waals surface area contributed by atoms with E-state index in [1.54, 1.807) is 33.8 Å². The Kier molecular flexibility index (Phi) is 16.6. The van der Waals surface area contributed by atoms with E-state index in [1.807, 2.05) is 20.8 Å². The predicted octanol–water partition coefficient (Wildman–Crippen LogP) is 6.27. The predicted molar refractivity (Wildman–Crippen MR) is 156 cm³/mol. The standard InChI is InChI=1S/C31H49NO10/c1-8-11-13-17-37-29(35)41-25-16-15-23(20-26(25)42-30(36)38-18-14-12-9-2)19-24(32)27(33)39-21(4)22(5)40-28(34)31(6,7)10-3/h15-16,20-22,24H,8-14,17-19,32H2,1-7H3/t21-,22?,24-/m0/s1. The van der Waals surface area contributed by atoms with E-state index in [2.05, 4.69) is 0 Å². The second-order valence-electron chi connectivity index (χ2n) is 10.9. The van der Waals surface area contributed by atoms with Gasteiger partial charge in [0, 0.05) is 0 Å². The zero-order chi connectivity index (χ0) is 31.7. The molecule has 1 rings (SSSR count). The number of esters is 2. The summed E-state index contributed by atoms with van der Waals surface area (Å²) in [6.07, 6.45) is 2.41. The molecule has 1 aromatic carbocycles. The Morgan fingerprint density at radius 1 is 0.786 bits per heavy atom. The highest BCUT2D eigenvalue weighted by Gasteiger charge is 2.31. The fraction of sp³-hybridized carbons (Fsp3) is 0.677. The van der Waals surface area contributed by atoms with Gasteiger partial charge in [-0.25, -0.2) is 9.59 Å². The van der Waals surface area contributed by atoms with Crippen LogP contribution in [0.3, 0.4) is 0 Å². The van der Waals surface area contributed by atoms with E-state index < -0.39 is 41.9 Å². The van der Waals surface area contributed by atoms with Crippen LogP contribution >= 0.6 is 0 Å². The summed E-state index contributed by atoms with van der Waals surface area (Å²) in [5, 5.41) is 0. The monoisotopic (exact) mass is 595 g/mol. The number of carbonyl (C=O) groups excluding carboxylic acids is 4. The summed E-state index contributed by atoms with van der Waals surface area (Å²) in [6.45, 7) is 13.2. The number of benzene rings is 1. The second-order valence-corrected chi connectivity index (χ2v) is 10.9. The van der Waals surface area contributed by atoms with E-state index in [4.69, 9.17) is 34.2 Å². The maximum absolute atomic E-state index is 12.7. The minimum atomic E-state index is -1.08. The first-order chi connectivity index (χ1) is 19.8. The number of rotatable bonds is 18. The van der Waals surface area contributed by atoms with E-state index in [1.165, 1.54) is 12.1 Å². The molecule has 42 heavy (non-hydrogen) atoms. The molecular weight excluding hydrogens is 546 g/mol. The minimum absolute atomic E-state index is 0.0201. The van der Waals surface area contributed by atoms with Gasteiger partial charge in [-0.3, -0.25) is 9.59 Å². The van der Waals surface area contributed by atoms with Crippen molar-refractivity contribution in [2.24, 2.45) is 11.1 Å². The van der Waals surface area contributed by atoms with Crippen LogP contribution in [0.15, 0.2) is 18.2 Å². The lowest BCUT2D eigenvalue weighted by molar-refractivity contribution is -0.172. The van der Waals surface area contributed by atoms with Crippen LogP contribution in [0.25, 0.3) is 0 Å². The first kappa shape index (κ1) is 36.7. The summed E-state index contributed by atoms with van der Waals surface area (Å²) in [6, 6.07) is 3.35. The summed E-state index contributed by atoms with van der Waals surface area (Å²) in [5.74, 6) is -1.23. The van der Waals surface area contributed by atoms with Gasteiger partial charge in [-0.05, 0) is 71.1 Å². The average Bonchev–Trinajstić information content (AvgIpc) is 2.94. The van der Waals surface area contributed by atoms with E-state index in [0.29, 0.717) is 24.8 Å². The molecule has 0 heterocycles. The molecule has 0 saturated carbocycles. The van der Waals surface area contributed by atoms with Gasteiger partial charge in [0.15, 0.2) is 11.5 Å². The molecule has 0 fully saturated rings. The van der Waals surface area contributed by atoms with Crippen molar-refractivity contribution < 1.29 is 47.6 Å². The van der Waals surface area contributed by atoms with Crippen molar-refractivity contribution >= 4 is 24.2 Å². The molecule has 238 valence electrons. The van der Waals surface area contributed by atoms with Crippen LogP contribution in [-0.2, 0) is 35.0 Å². The van der Waals surface area contributed by atoms with Gasteiger partial charge in [0.25, 0.3) is 0 Å². The van der Waals surface area contributed by atoms with Gasteiger partial charge in [-0.1, -0.05) is 52.5 Å². The highest BCUT2D eigenvalue weighted by Crippen LogP contribution is 2.30. The number of ether oxygens (including phenoxy) is 6. The number of nitrogens with two attached hydrogens (primary N) is 1. The Balaban J connectivity index is 2.91. The van der Waals surface area contributed by atoms with Crippen LogP contribution in [0, 0.1) is 5.41 Å². The molecule has 0 aliphatic carbocycles. The molecule has 11 heteroatoms. The van der Waals surface area contributed by atoms with E-state index >= 15 is 0 Å². The van der Waals surface area contributed by atoms with Crippen molar-refractivity contribution in [2.75, 3.05) is 13.2 Å². The van der Waals surface area contributed by atoms with Crippen LogP contribution < -0.4 is 15.2 Å². The highest BCUT2D eigenvalue weighted by molar-refractivity contribution is 5.77. The zero-order valence-corrected chi connectivity index (χ0v) is 26.2. The van der Waals surface area contributed by atoms with Crippen molar-refractivity contribution in [3.05, 3.63) is 23.8 Å². The molecular formula is C31H49NO10. The quantitative estimate of drug-likeness (QED) is 0.0885. The largest absolute Gasteiger partial charge is 0.513 e. The summed E-state index contributed by atoms with van der Waals surface area (Å²) < 4.78 is 31.7. The van der Waals surface area contributed by atoms with Crippen molar-refractivity contribution in [2.45, 2.75) is 118 Å². The summed E-state index contributed by atoms with van der Waals surface area (Å²) in [4.78, 5) is 49.6. The Morgan fingerprint density at radius 3 is 1.83 bits per heavy atom. The fourth-order valence-electron chi connectivity index (χ4n) is 3.37.